The van der Waals surface area contributed by atoms with Crippen molar-refractivity contribution in [3.8, 4) is 11.5 Å². The molecule has 3 aromatic rings. The van der Waals surface area contributed by atoms with Crippen molar-refractivity contribution in [1.82, 2.24) is 0 Å². The zero-order valence-electron chi connectivity index (χ0n) is 14.8. The van der Waals surface area contributed by atoms with Crippen molar-refractivity contribution in [1.29, 1.82) is 0 Å². The molecular formula is C21H18FNO4S. The lowest BCUT2D eigenvalue weighted by Crippen LogP contribution is -2.31. The molecular weight excluding hydrogens is 381 g/mol. The Morgan fingerprint density at radius 1 is 0.964 bits per heavy atom. The molecule has 1 aliphatic rings. The molecule has 0 radical (unpaired) electrons. The van der Waals surface area contributed by atoms with Crippen molar-refractivity contribution in [3.05, 3.63) is 84.2 Å². The quantitative estimate of drug-likeness (QED) is 0.704. The van der Waals surface area contributed by atoms with Crippen molar-refractivity contribution in [2.45, 2.75) is 17.4 Å². The van der Waals surface area contributed by atoms with Crippen molar-refractivity contribution in [3.63, 3.8) is 0 Å². The van der Waals surface area contributed by atoms with Gasteiger partial charge < -0.3 is 9.47 Å². The molecule has 0 fully saturated rings. The topological polar surface area (TPSA) is 64.6 Å². The van der Waals surface area contributed by atoms with Crippen LogP contribution in [-0.2, 0) is 16.4 Å². The molecule has 0 saturated heterocycles. The van der Waals surface area contributed by atoms with Crippen molar-refractivity contribution in [2.24, 2.45) is 0 Å². The number of rotatable bonds is 5. The van der Waals surface area contributed by atoms with Gasteiger partial charge in [-0.3, -0.25) is 4.72 Å². The first-order chi connectivity index (χ1) is 13.5. The number of nitrogens with one attached hydrogen (secondary N) is 1. The number of hydrogen-bond acceptors (Lipinski definition) is 4. The lowest BCUT2D eigenvalue weighted by atomic mass is 10.1. The number of anilines is 1. The van der Waals surface area contributed by atoms with Gasteiger partial charge in [-0.25, -0.2) is 12.8 Å². The molecule has 5 nitrogen and oxygen atoms in total. The average molecular weight is 399 g/mol. The molecule has 28 heavy (non-hydrogen) atoms. The van der Waals surface area contributed by atoms with Crippen LogP contribution in [0.25, 0.3) is 0 Å². The highest BCUT2D eigenvalue weighted by Crippen LogP contribution is 2.35. The summed E-state index contributed by atoms with van der Waals surface area (Å²) >= 11 is 0. The van der Waals surface area contributed by atoms with E-state index in [-0.39, 0.29) is 16.8 Å². The summed E-state index contributed by atoms with van der Waals surface area (Å²) in [4.78, 5) is 0.184. The molecule has 0 spiro atoms. The van der Waals surface area contributed by atoms with Gasteiger partial charge in [-0.2, -0.15) is 0 Å². The highest BCUT2D eigenvalue weighted by atomic mass is 32.2. The van der Waals surface area contributed by atoms with Gasteiger partial charge in [0.15, 0.2) is 11.5 Å². The van der Waals surface area contributed by atoms with Crippen LogP contribution in [0.2, 0.25) is 0 Å². The van der Waals surface area contributed by atoms with E-state index in [4.69, 9.17) is 9.47 Å². The minimum absolute atomic E-state index is 0.184. The Hall–Kier alpha value is -3.06. The molecule has 0 aliphatic carbocycles. The Morgan fingerprint density at radius 3 is 2.46 bits per heavy atom. The van der Waals surface area contributed by atoms with E-state index in [2.05, 4.69) is 4.72 Å². The predicted molar refractivity (Wildman–Crippen MR) is 104 cm³/mol. The minimum Gasteiger partial charge on any atom is -0.486 e. The summed E-state index contributed by atoms with van der Waals surface area (Å²) in [6, 6.07) is 19.3. The van der Waals surface area contributed by atoms with E-state index >= 15 is 0 Å². The lowest BCUT2D eigenvalue weighted by molar-refractivity contribution is 0.0914. The maximum Gasteiger partial charge on any atom is 0.261 e. The Bertz CT molecular complexity index is 1070. The maximum absolute atomic E-state index is 13.0. The average Bonchev–Trinajstić information content (AvgIpc) is 2.70. The Kier molecular flexibility index (Phi) is 4.92. The highest BCUT2D eigenvalue weighted by molar-refractivity contribution is 7.92. The van der Waals surface area contributed by atoms with Gasteiger partial charge in [0, 0.05) is 12.5 Å². The third-order valence-corrected chi connectivity index (χ3v) is 5.74. The fraction of sp³-hybridized carbons (Fsp3) is 0.143. The van der Waals surface area contributed by atoms with Gasteiger partial charge in [0.2, 0.25) is 0 Å². The molecule has 0 saturated carbocycles. The number of fused-ring (bicyclic) bond motifs is 1. The summed E-state index contributed by atoms with van der Waals surface area (Å²) in [7, 11) is -3.67. The van der Waals surface area contributed by atoms with Crippen LogP contribution in [0.3, 0.4) is 0 Å². The smallest absolute Gasteiger partial charge is 0.261 e. The number of benzene rings is 3. The second-order valence-electron chi connectivity index (χ2n) is 6.46. The largest absolute Gasteiger partial charge is 0.486 e. The lowest BCUT2D eigenvalue weighted by Gasteiger charge is -2.27. The predicted octanol–water partition coefficient (Wildman–Crippen LogP) is 4.01. The van der Waals surface area contributed by atoms with Crippen LogP contribution in [-0.4, -0.2) is 21.1 Å². The molecule has 1 heterocycles. The van der Waals surface area contributed by atoms with Gasteiger partial charge in [0.05, 0.1) is 10.6 Å². The summed E-state index contributed by atoms with van der Waals surface area (Å²) in [5.41, 5.74) is 1.34. The van der Waals surface area contributed by atoms with E-state index in [0.717, 1.165) is 5.56 Å². The molecule has 1 aliphatic heterocycles. The van der Waals surface area contributed by atoms with Crippen LogP contribution in [0.15, 0.2) is 77.7 Å². The van der Waals surface area contributed by atoms with E-state index in [1.54, 1.807) is 48.5 Å². The minimum atomic E-state index is -3.67. The number of sulfonamides is 1. The molecule has 1 N–H and O–H groups in total. The molecule has 0 bridgehead atoms. The number of ether oxygens (including phenoxy) is 2. The first kappa shape index (κ1) is 18.3. The second-order valence-corrected chi connectivity index (χ2v) is 8.14. The van der Waals surface area contributed by atoms with Gasteiger partial charge in [-0.15, -0.1) is 0 Å². The molecule has 1 atom stereocenters. The molecule has 0 amide bonds. The van der Waals surface area contributed by atoms with Crippen molar-refractivity contribution in [2.75, 3.05) is 11.3 Å². The summed E-state index contributed by atoms with van der Waals surface area (Å²) < 4.78 is 52.1. The van der Waals surface area contributed by atoms with E-state index in [9.17, 15) is 12.8 Å². The Morgan fingerprint density at radius 2 is 1.71 bits per heavy atom. The van der Waals surface area contributed by atoms with E-state index < -0.39 is 10.0 Å². The van der Waals surface area contributed by atoms with Crippen LogP contribution in [0.4, 0.5) is 10.1 Å². The Balaban J connectivity index is 1.46. The molecule has 4 rings (SSSR count). The third kappa shape index (κ3) is 4.09. The van der Waals surface area contributed by atoms with Gasteiger partial charge in [-0.05, 0) is 42.0 Å². The summed E-state index contributed by atoms with van der Waals surface area (Å²) in [6.07, 6.45) is 0.382. The first-order valence-corrected chi connectivity index (χ1v) is 10.2. The molecule has 7 heteroatoms. The fourth-order valence-electron chi connectivity index (χ4n) is 2.98. The molecule has 3 aromatic carbocycles. The van der Waals surface area contributed by atoms with Crippen LogP contribution in [0.5, 0.6) is 11.5 Å². The molecule has 1 unspecified atom stereocenters. The van der Waals surface area contributed by atoms with Crippen LogP contribution >= 0.6 is 0 Å². The maximum atomic E-state index is 13.0. The normalized spacial score (nSPS) is 15.8. The number of hydrogen-bond donors (Lipinski definition) is 1. The zero-order valence-corrected chi connectivity index (χ0v) is 15.7. The molecule has 144 valence electrons. The SMILES string of the molecule is O=S(=O)(Nc1ccc2c(c1)OCC(Cc1ccc(F)cc1)O2)c1ccccc1. The third-order valence-electron chi connectivity index (χ3n) is 4.34. The van der Waals surface area contributed by atoms with Crippen molar-refractivity contribution < 1.29 is 22.3 Å². The fourth-order valence-corrected chi connectivity index (χ4v) is 4.05. The van der Waals surface area contributed by atoms with E-state index in [1.165, 1.54) is 24.3 Å². The summed E-state index contributed by atoms with van der Waals surface area (Å²) in [6.45, 7) is 0.319. The first-order valence-electron chi connectivity index (χ1n) is 8.75. The van der Waals surface area contributed by atoms with E-state index in [0.29, 0.717) is 30.2 Å². The van der Waals surface area contributed by atoms with Gasteiger partial charge >= 0.3 is 0 Å². The molecule has 0 aromatic heterocycles. The highest BCUT2D eigenvalue weighted by Gasteiger charge is 2.23. The summed E-state index contributed by atoms with van der Waals surface area (Å²) in [5, 5.41) is 0. The summed E-state index contributed by atoms with van der Waals surface area (Å²) in [5.74, 6) is 0.741. The van der Waals surface area contributed by atoms with Crippen LogP contribution in [0, 0.1) is 5.82 Å². The zero-order chi connectivity index (χ0) is 19.6. The van der Waals surface area contributed by atoms with Gasteiger partial charge in [0.1, 0.15) is 18.5 Å². The standard InChI is InChI=1S/C21H18FNO4S/c22-16-8-6-15(7-9-16)12-18-14-26-21-13-17(10-11-20(21)27-18)23-28(24,25)19-4-2-1-3-5-19/h1-11,13,18,23H,12,14H2. The van der Waals surface area contributed by atoms with Crippen molar-refractivity contribution >= 4 is 15.7 Å². The van der Waals surface area contributed by atoms with Gasteiger partial charge in [0.25, 0.3) is 10.0 Å². The van der Waals surface area contributed by atoms with Gasteiger partial charge in [-0.1, -0.05) is 30.3 Å². The van der Waals surface area contributed by atoms with Crippen LogP contribution in [0.1, 0.15) is 5.56 Å². The number of halogens is 1. The van der Waals surface area contributed by atoms with Crippen LogP contribution < -0.4 is 14.2 Å². The second kappa shape index (κ2) is 7.52. The monoisotopic (exact) mass is 399 g/mol. The Labute approximate surface area is 162 Å². The van der Waals surface area contributed by atoms with E-state index in [1.807, 2.05) is 0 Å².